The van der Waals surface area contributed by atoms with Gasteiger partial charge in [-0.05, 0) is 32.1 Å². The summed E-state index contributed by atoms with van der Waals surface area (Å²) in [6.45, 7) is 3.99. The van der Waals surface area contributed by atoms with Gasteiger partial charge in [-0.15, -0.1) is 0 Å². The second kappa shape index (κ2) is 35.4. The third kappa shape index (κ3) is 29.2. The number of nitrogens with one attached hydrogen (secondary N) is 1. The minimum absolute atomic E-state index is 0.356. The van der Waals surface area contributed by atoms with Gasteiger partial charge < -0.3 is 25.7 Å². The Morgan fingerprint density at radius 2 is 0.891 bits per heavy atom. The molecule has 6 nitrogen and oxygen atoms in total. The lowest BCUT2D eigenvalue weighted by molar-refractivity contribution is -0.132. The fourth-order valence-electron chi connectivity index (χ4n) is 6.21. The zero-order valence-corrected chi connectivity index (χ0v) is 30.6. The Bertz CT molecular complexity index is 658. The van der Waals surface area contributed by atoms with Crippen LogP contribution in [0, 0.1) is 0 Å². The smallest absolute Gasteiger partial charge is 0.249 e. The van der Waals surface area contributed by atoms with Crippen LogP contribution in [0.4, 0.5) is 0 Å². The highest BCUT2D eigenvalue weighted by molar-refractivity contribution is 5.80. The average molecular weight is 654 g/mol. The van der Waals surface area contributed by atoms with Crippen LogP contribution >= 0.6 is 0 Å². The molecule has 0 rings (SSSR count). The Kier molecular flexibility index (Phi) is 34.6. The van der Waals surface area contributed by atoms with Gasteiger partial charge in [0, 0.05) is 0 Å². The molecule has 0 fully saturated rings. The molecule has 0 radical (unpaired) electrons. The summed E-state index contributed by atoms with van der Waals surface area (Å²) in [6, 6.07) is -0.984. The molecule has 6 heteroatoms. The Balaban J connectivity index is 3.71. The van der Waals surface area contributed by atoms with E-state index in [2.05, 4.69) is 31.3 Å². The van der Waals surface area contributed by atoms with E-state index in [9.17, 15) is 25.2 Å². The van der Waals surface area contributed by atoms with Crippen molar-refractivity contribution >= 4 is 5.91 Å². The molecule has 274 valence electrons. The summed E-state index contributed by atoms with van der Waals surface area (Å²) in [7, 11) is 0. The zero-order chi connectivity index (χ0) is 33.9. The molecule has 0 heterocycles. The molecule has 0 saturated carbocycles. The predicted octanol–water partition coefficient (Wildman–Crippen LogP) is 9.85. The van der Waals surface area contributed by atoms with Crippen molar-refractivity contribution in [1.29, 1.82) is 0 Å². The van der Waals surface area contributed by atoms with Crippen LogP contribution in [0.3, 0.4) is 0 Å². The maximum absolute atomic E-state index is 12.4. The molecule has 0 aliphatic rings. The summed E-state index contributed by atoms with van der Waals surface area (Å²) in [6.07, 6.45) is 36.7. The van der Waals surface area contributed by atoms with E-state index in [1.54, 1.807) is 0 Å². The van der Waals surface area contributed by atoms with Gasteiger partial charge in [0.2, 0.25) is 5.91 Å². The normalized spacial score (nSPS) is 14.5. The Hall–Kier alpha value is -0.950. The molecule has 1 amide bonds. The summed E-state index contributed by atoms with van der Waals surface area (Å²) in [5.74, 6) is -0.594. The largest absolute Gasteiger partial charge is 0.394 e. The molecule has 0 spiro atoms. The van der Waals surface area contributed by atoms with Crippen molar-refractivity contribution in [2.75, 3.05) is 6.61 Å². The van der Waals surface area contributed by atoms with Crippen LogP contribution in [0.1, 0.15) is 206 Å². The molecule has 4 atom stereocenters. The van der Waals surface area contributed by atoms with E-state index in [0.717, 1.165) is 57.8 Å². The van der Waals surface area contributed by atoms with E-state index >= 15 is 0 Å². The van der Waals surface area contributed by atoms with Gasteiger partial charge >= 0.3 is 0 Å². The van der Waals surface area contributed by atoms with Crippen LogP contribution in [0.5, 0.6) is 0 Å². The lowest BCUT2D eigenvalue weighted by atomic mass is 9.99. The minimum atomic E-state index is -1.26. The Labute approximate surface area is 285 Å². The van der Waals surface area contributed by atoms with Crippen molar-refractivity contribution in [3.05, 3.63) is 12.2 Å². The number of aliphatic hydroxyl groups excluding tert-OH is 4. The van der Waals surface area contributed by atoms with Crippen LogP contribution in [0.25, 0.3) is 0 Å². The number of carbonyl (C=O) groups is 1. The van der Waals surface area contributed by atoms with Gasteiger partial charge in [0.25, 0.3) is 0 Å². The van der Waals surface area contributed by atoms with Crippen molar-refractivity contribution in [1.82, 2.24) is 5.32 Å². The summed E-state index contributed by atoms with van der Waals surface area (Å²) < 4.78 is 0. The van der Waals surface area contributed by atoms with Crippen LogP contribution in [0.2, 0.25) is 0 Å². The maximum atomic E-state index is 12.4. The van der Waals surface area contributed by atoms with Crippen molar-refractivity contribution < 1.29 is 25.2 Å². The molecule has 0 aromatic heterocycles. The highest BCUT2D eigenvalue weighted by Gasteiger charge is 2.28. The number of aliphatic hydroxyl groups is 4. The fourth-order valence-corrected chi connectivity index (χ4v) is 6.21. The predicted molar refractivity (Wildman–Crippen MR) is 196 cm³/mol. The number of hydrogen-bond acceptors (Lipinski definition) is 5. The summed E-state index contributed by atoms with van der Waals surface area (Å²) in [5, 5.41) is 43.5. The van der Waals surface area contributed by atoms with Crippen LogP contribution in [-0.2, 0) is 4.79 Å². The summed E-state index contributed by atoms with van der Waals surface area (Å²) in [5.41, 5.74) is 0. The first-order chi connectivity index (χ1) is 22.5. The second-order valence-corrected chi connectivity index (χ2v) is 14.0. The van der Waals surface area contributed by atoms with Gasteiger partial charge in [-0.2, -0.15) is 0 Å². The third-order valence-corrected chi connectivity index (χ3v) is 9.48. The van der Waals surface area contributed by atoms with Gasteiger partial charge in [0.15, 0.2) is 0 Å². The van der Waals surface area contributed by atoms with Crippen molar-refractivity contribution in [3.8, 4) is 0 Å². The quantitative estimate of drug-likeness (QED) is 0.0342. The molecular weight excluding hydrogens is 574 g/mol. The maximum Gasteiger partial charge on any atom is 0.249 e. The van der Waals surface area contributed by atoms with Crippen LogP contribution in [0.15, 0.2) is 12.2 Å². The van der Waals surface area contributed by atoms with E-state index < -0.39 is 36.9 Å². The molecule has 4 unspecified atom stereocenters. The van der Waals surface area contributed by atoms with E-state index in [1.165, 1.54) is 122 Å². The number of unbranched alkanes of at least 4 members (excludes halogenated alkanes) is 25. The molecule has 0 saturated heterocycles. The Morgan fingerprint density at radius 1 is 0.522 bits per heavy atom. The van der Waals surface area contributed by atoms with Crippen molar-refractivity contribution in [2.24, 2.45) is 0 Å². The first-order valence-electron chi connectivity index (χ1n) is 20.1. The van der Waals surface area contributed by atoms with E-state index in [0.29, 0.717) is 12.8 Å². The molecule has 0 aliphatic carbocycles. The highest BCUT2D eigenvalue weighted by Crippen LogP contribution is 2.16. The molecule has 46 heavy (non-hydrogen) atoms. The highest BCUT2D eigenvalue weighted by atomic mass is 16.3. The number of hydrogen-bond donors (Lipinski definition) is 5. The van der Waals surface area contributed by atoms with E-state index in [4.69, 9.17) is 0 Å². The monoisotopic (exact) mass is 654 g/mol. The second-order valence-electron chi connectivity index (χ2n) is 14.0. The number of allylic oxidation sites excluding steroid dienone is 2. The number of carbonyl (C=O) groups excluding carboxylic acids is 1. The SMILES string of the molecule is CCCC/C=C\CCCCCCC(O)C(=O)NC(CO)C(O)C(O)CCCCCCCCCCCCCCCCCCCCCC. The fraction of sp³-hybridized carbons (Fsp3) is 0.925. The van der Waals surface area contributed by atoms with Gasteiger partial charge in [-0.25, -0.2) is 0 Å². The summed E-state index contributed by atoms with van der Waals surface area (Å²) >= 11 is 0. The molecule has 0 bridgehead atoms. The third-order valence-electron chi connectivity index (χ3n) is 9.48. The summed E-state index contributed by atoms with van der Waals surface area (Å²) in [4.78, 5) is 12.4. The van der Waals surface area contributed by atoms with Crippen molar-refractivity contribution in [2.45, 2.75) is 231 Å². The average Bonchev–Trinajstić information content (AvgIpc) is 3.06. The standard InChI is InChI=1S/C40H79NO5/c1-3-5-7-9-11-13-15-16-17-18-19-20-21-22-23-24-26-27-29-31-33-37(43)39(45)36(35-42)41-40(46)38(44)34-32-30-28-25-14-12-10-8-6-4-2/h10,12,36-39,42-45H,3-9,11,13-35H2,1-2H3,(H,41,46)/b12-10-. The molecule has 0 aromatic carbocycles. The Morgan fingerprint density at radius 3 is 1.33 bits per heavy atom. The van der Waals surface area contributed by atoms with Gasteiger partial charge in [0.1, 0.15) is 12.2 Å². The van der Waals surface area contributed by atoms with Gasteiger partial charge in [-0.3, -0.25) is 4.79 Å². The first-order valence-corrected chi connectivity index (χ1v) is 20.1. The lowest BCUT2D eigenvalue weighted by Crippen LogP contribution is -2.53. The minimum Gasteiger partial charge on any atom is -0.394 e. The molecule has 0 aromatic rings. The van der Waals surface area contributed by atoms with Gasteiger partial charge in [0.05, 0.1) is 18.8 Å². The van der Waals surface area contributed by atoms with Crippen molar-refractivity contribution in [3.63, 3.8) is 0 Å². The molecule has 0 aliphatic heterocycles. The van der Waals surface area contributed by atoms with E-state index in [-0.39, 0.29) is 0 Å². The van der Waals surface area contributed by atoms with Gasteiger partial charge in [-0.1, -0.05) is 187 Å². The van der Waals surface area contributed by atoms with E-state index in [1.807, 2.05) is 0 Å². The molecular formula is C40H79NO5. The topological polar surface area (TPSA) is 110 Å². The van der Waals surface area contributed by atoms with Crippen LogP contribution < -0.4 is 5.32 Å². The zero-order valence-electron chi connectivity index (χ0n) is 30.6. The van der Waals surface area contributed by atoms with Crippen LogP contribution in [-0.4, -0.2) is 57.3 Å². The lowest BCUT2D eigenvalue weighted by Gasteiger charge is -2.27. The number of amides is 1. The first kappa shape index (κ1) is 45.0. The molecule has 5 N–H and O–H groups in total. The number of rotatable bonds is 36.